The molecule has 0 atom stereocenters. The van der Waals surface area contributed by atoms with E-state index in [9.17, 15) is 0 Å². The molecule has 12 aromatic rings. The van der Waals surface area contributed by atoms with Crippen molar-refractivity contribution in [3.8, 4) is 39.9 Å². The third kappa shape index (κ3) is 5.00. The van der Waals surface area contributed by atoms with Crippen LogP contribution < -0.4 is 0 Å². The first kappa shape index (κ1) is 33.5. The zero-order valence-electron chi connectivity index (χ0n) is 31.7. The van der Waals surface area contributed by atoms with Crippen molar-refractivity contribution in [1.82, 2.24) is 19.5 Å². The fourth-order valence-electron chi connectivity index (χ4n) is 9.00. The second-order valence-electron chi connectivity index (χ2n) is 14.8. The number of aromatic nitrogens is 4. The van der Waals surface area contributed by atoms with Gasteiger partial charge in [-0.2, -0.15) is 9.97 Å². The molecule has 12 rings (SSSR count). The van der Waals surface area contributed by atoms with Crippen molar-refractivity contribution in [3.05, 3.63) is 182 Å². The first-order chi connectivity index (χ1) is 29.2. The van der Waals surface area contributed by atoms with Crippen LogP contribution in [0.25, 0.3) is 127 Å². The van der Waals surface area contributed by atoms with Crippen molar-refractivity contribution in [2.45, 2.75) is 0 Å². The molecule has 0 amide bonds. The maximum atomic E-state index is 6.37. The number of thiophene rings is 1. The smallest absolute Gasteiger partial charge is 0.238 e. The van der Waals surface area contributed by atoms with E-state index in [1.165, 1.54) is 20.2 Å². The molecule has 5 nitrogen and oxygen atoms in total. The average molecular weight is 773 g/mol. The van der Waals surface area contributed by atoms with Crippen molar-refractivity contribution in [2.75, 3.05) is 0 Å². The van der Waals surface area contributed by atoms with E-state index in [0.717, 1.165) is 87.9 Å². The predicted molar refractivity (Wildman–Crippen MR) is 248 cm³/mol. The van der Waals surface area contributed by atoms with Crippen LogP contribution in [0.3, 0.4) is 0 Å². The van der Waals surface area contributed by atoms with E-state index < -0.39 is 0 Å². The van der Waals surface area contributed by atoms with Gasteiger partial charge in [0, 0.05) is 63.8 Å². The quantitative estimate of drug-likeness (QED) is 0.169. The lowest BCUT2D eigenvalue weighted by Gasteiger charge is -2.15. The molecule has 4 aromatic heterocycles. The summed E-state index contributed by atoms with van der Waals surface area (Å²) in [6.45, 7) is 8.65. The number of benzene rings is 8. The van der Waals surface area contributed by atoms with Gasteiger partial charge in [-0.05, 0) is 58.5 Å². The van der Waals surface area contributed by atoms with Gasteiger partial charge in [0.25, 0.3) is 0 Å². The van der Waals surface area contributed by atoms with Gasteiger partial charge >= 0.3 is 0 Å². The van der Waals surface area contributed by atoms with Gasteiger partial charge in [0.2, 0.25) is 5.95 Å². The van der Waals surface area contributed by atoms with Crippen molar-refractivity contribution in [3.63, 3.8) is 0 Å². The summed E-state index contributed by atoms with van der Waals surface area (Å²) in [7, 11) is 0. The Balaban J connectivity index is 1.23. The molecule has 6 heteroatoms. The Kier molecular flexibility index (Phi) is 7.33. The predicted octanol–water partition coefficient (Wildman–Crippen LogP) is 14.7. The normalized spacial score (nSPS) is 11.9. The molecule has 0 fully saturated rings. The molecule has 0 unspecified atom stereocenters. The molecule has 0 aliphatic heterocycles. The van der Waals surface area contributed by atoms with Crippen molar-refractivity contribution in [1.29, 1.82) is 0 Å². The molecule has 59 heavy (non-hydrogen) atoms. The summed E-state index contributed by atoms with van der Waals surface area (Å²) < 4.78 is 11.2. The number of rotatable bonds is 6. The zero-order valence-corrected chi connectivity index (χ0v) is 32.5. The van der Waals surface area contributed by atoms with Crippen LogP contribution in [0.5, 0.6) is 0 Å². The van der Waals surface area contributed by atoms with Gasteiger partial charge in [-0.15, -0.1) is 11.3 Å². The Morgan fingerprint density at radius 2 is 1.12 bits per heavy atom. The average Bonchev–Trinajstić information content (AvgIpc) is 3.98. The Hall–Kier alpha value is -7.67. The van der Waals surface area contributed by atoms with Gasteiger partial charge in [0.1, 0.15) is 11.2 Å². The lowest BCUT2D eigenvalue weighted by atomic mass is 9.93. The highest BCUT2D eigenvalue weighted by Gasteiger charge is 2.25. The van der Waals surface area contributed by atoms with Gasteiger partial charge in [0.05, 0.1) is 11.0 Å². The zero-order chi connectivity index (χ0) is 39.2. The van der Waals surface area contributed by atoms with E-state index in [2.05, 4.69) is 121 Å². The van der Waals surface area contributed by atoms with E-state index in [0.29, 0.717) is 17.6 Å². The topological polar surface area (TPSA) is 56.7 Å². The molecule has 0 saturated heterocycles. The maximum absolute atomic E-state index is 6.37. The largest absolute Gasteiger partial charge is 0.456 e. The van der Waals surface area contributed by atoms with Gasteiger partial charge in [-0.25, -0.2) is 4.98 Å². The Labute approximate surface area is 342 Å². The molecule has 276 valence electrons. The highest BCUT2D eigenvalue weighted by atomic mass is 32.1. The van der Waals surface area contributed by atoms with Gasteiger partial charge < -0.3 is 4.42 Å². The van der Waals surface area contributed by atoms with E-state index in [1.807, 2.05) is 78.1 Å². The summed E-state index contributed by atoms with van der Waals surface area (Å²) in [4.78, 5) is 15.9. The summed E-state index contributed by atoms with van der Waals surface area (Å²) in [6.07, 6.45) is 3.91. The highest BCUT2D eigenvalue weighted by molar-refractivity contribution is 7.25. The minimum absolute atomic E-state index is 0.514. The third-order valence-corrected chi connectivity index (χ3v) is 12.8. The van der Waals surface area contributed by atoms with E-state index in [4.69, 9.17) is 19.4 Å². The van der Waals surface area contributed by atoms with Crippen LogP contribution in [0.15, 0.2) is 175 Å². The van der Waals surface area contributed by atoms with Gasteiger partial charge in [-0.1, -0.05) is 147 Å². The van der Waals surface area contributed by atoms with Crippen LogP contribution in [-0.4, -0.2) is 19.5 Å². The number of nitrogens with zero attached hydrogens (tertiary/aromatic N) is 4. The van der Waals surface area contributed by atoms with Crippen molar-refractivity contribution >= 4 is 98.2 Å². The molecule has 0 spiro atoms. The SMILES string of the molecule is C=Cc1c(C=C)c2c3cccc(-c4ccc5sc6ccccc6c5c4)c3n(-c3nc(-c4ccccc4)nc(-c4ccc5c(c4)oc4ccccc45)n3)c2c2ccccc12. The van der Waals surface area contributed by atoms with Crippen LogP contribution in [0, 0.1) is 0 Å². The molecule has 0 saturated carbocycles. The molecular weight excluding hydrogens is 741 g/mol. The fraction of sp³-hybridized carbons (Fsp3) is 0. The molecule has 8 aromatic carbocycles. The van der Waals surface area contributed by atoms with E-state index in [1.54, 1.807) is 0 Å². The molecule has 4 heterocycles. The Morgan fingerprint density at radius 3 is 1.95 bits per heavy atom. The first-order valence-corrected chi connectivity index (χ1v) is 20.4. The Bertz CT molecular complexity index is 3720. The number of fused-ring (bicyclic) bond motifs is 11. The van der Waals surface area contributed by atoms with Crippen LogP contribution >= 0.6 is 11.3 Å². The number of hydrogen-bond donors (Lipinski definition) is 0. The third-order valence-electron chi connectivity index (χ3n) is 11.6. The summed E-state index contributed by atoms with van der Waals surface area (Å²) in [5.74, 6) is 1.63. The lowest BCUT2D eigenvalue weighted by Crippen LogP contribution is -2.07. The lowest BCUT2D eigenvalue weighted by molar-refractivity contribution is 0.669. The van der Waals surface area contributed by atoms with Gasteiger partial charge in [-0.3, -0.25) is 4.57 Å². The van der Waals surface area contributed by atoms with Crippen LogP contribution in [0.1, 0.15) is 11.1 Å². The van der Waals surface area contributed by atoms with E-state index >= 15 is 0 Å². The second kappa shape index (κ2) is 12.9. The summed E-state index contributed by atoms with van der Waals surface area (Å²) in [5.41, 5.74) is 9.58. The summed E-state index contributed by atoms with van der Waals surface area (Å²) >= 11 is 1.82. The molecule has 0 bridgehead atoms. The molecule has 0 N–H and O–H groups in total. The van der Waals surface area contributed by atoms with Gasteiger partial charge in [0.15, 0.2) is 11.6 Å². The number of furan rings is 1. The first-order valence-electron chi connectivity index (χ1n) is 19.6. The summed E-state index contributed by atoms with van der Waals surface area (Å²) in [6, 6.07) is 55.1. The molecule has 0 aliphatic rings. The summed E-state index contributed by atoms with van der Waals surface area (Å²) in [5, 5.41) is 8.91. The molecule has 0 radical (unpaired) electrons. The standard InChI is InChI=1S/C53H32N4OS/c1-3-34-35(4-2)48-42-22-14-21-36(32-26-28-47-43(29-32)40-19-11-13-24-46(40)59-47)49(42)57(50(48)41-20-9-8-17-37(34)41)53-55-51(31-15-6-5-7-16-31)54-52(56-53)33-25-27-39-38-18-10-12-23-44(38)58-45(39)30-33/h3-30H,1-2H2. The second-order valence-corrected chi connectivity index (χ2v) is 15.9. The van der Waals surface area contributed by atoms with Crippen LogP contribution in [0.4, 0.5) is 0 Å². The number of para-hydroxylation sites is 2. The van der Waals surface area contributed by atoms with Crippen LogP contribution in [-0.2, 0) is 0 Å². The Morgan fingerprint density at radius 1 is 0.458 bits per heavy atom. The molecule has 0 aliphatic carbocycles. The van der Waals surface area contributed by atoms with Crippen LogP contribution in [0.2, 0.25) is 0 Å². The highest BCUT2D eigenvalue weighted by Crippen LogP contribution is 2.46. The van der Waals surface area contributed by atoms with E-state index in [-0.39, 0.29) is 0 Å². The van der Waals surface area contributed by atoms with Crippen molar-refractivity contribution in [2.24, 2.45) is 0 Å². The minimum Gasteiger partial charge on any atom is -0.456 e. The number of hydrogen-bond acceptors (Lipinski definition) is 5. The minimum atomic E-state index is 0.514. The maximum Gasteiger partial charge on any atom is 0.238 e. The van der Waals surface area contributed by atoms with Crippen molar-refractivity contribution < 1.29 is 4.42 Å². The molecular formula is C53H32N4OS. The monoisotopic (exact) mass is 772 g/mol. The fourth-order valence-corrected chi connectivity index (χ4v) is 10.1.